The fourth-order valence-electron chi connectivity index (χ4n) is 1.66. The van der Waals surface area contributed by atoms with Gasteiger partial charge in [-0.1, -0.05) is 0 Å². The lowest BCUT2D eigenvalue weighted by atomic mass is 10.2. The molecule has 1 aliphatic rings. The van der Waals surface area contributed by atoms with Gasteiger partial charge in [-0.05, 0) is 13.8 Å². The lowest BCUT2D eigenvalue weighted by molar-refractivity contribution is -0.141. The van der Waals surface area contributed by atoms with E-state index in [0.29, 0.717) is 13.1 Å². The van der Waals surface area contributed by atoms with E-state index in [9.17, 15) is 19.5 Å². The van der Waals surface area contributed by atoms with Crippen molar-refractivity contribution in [3.8, 4) is 0 Å². The molecule has 1 fully saturated rings. The van der Waals surface area contributed by atoms with Crippen LogP contribution in [0, 0.1) is 0 Å². The molecule has 1 aliphatic heterocycles. The zero-order valence-electron chi connectivity index (χ0n) is 10.2. The first-order chi connectivity index (χ1) is 8.34. The van der Waals surface area contributed by atoms with E-state index < -0.39 is 30.2 Å². The highest BCUT2D eigenvalue weighted by atomic mass is 16.4. The molecule has 1 rings (SSSR count). The summed E-state index contributed by atoms with van der Waals surface area (Å²) < 4.78 is 0. The number of carbonyl (C=O) groups is 3. The molecule has 0 aromatic heterocycles. The Bertz CT molecular complexity index is 357. The van der Waals surface area contributed by atoms with Crippen LogP contribution in [0.25, 0.3) is 0 Å². The molecule has 3 amide bonds. The summed E-state index contributed by atoms with van der Waals surface area (Å²) in [5, 5.41) is 22.9. The van der Waals surface area contributed by atoms with Crippen LogP contribution in [0.2, 0.25) is 0 Å². The van der Waals surface area contributed by atoms with E-state index >= 15 is 0 Å². The van der Waals surface area contributed by atoms with Crippen LogP contribution in [0.5, 0.6) is 0 Å². The average molecular weight is 259 g/mol. The van der Waals surface area contributed by atoms with Crippen LogP contribution in [0.15, 0.2) is 0 Å². The van der Waals surface area contributed by atoms with E-state index in [-0.39, 0.29) is 5.91 Å². The topological polar surface area (TPSA) is 119 Å². The molecular formula is C10H17N3O5. The zero-order chi connectivity index (χ0) is 13.9. The Balaban J connectivity index is 2.69. The van der Waals surface area contributed by atoms with Crippen LogP contribution >= 0.6 is 0 Å². The Morgan fingerprint density at radius 3 is 2.67 bits per heavy atom. The van der Waals surface area contributed by atoms with Gasteiger partial charge in [0.2, 0.25) is 5.91 Å². The van der Waals surface area contributed by atoms with E-state index in [1.165, 1.54) is 11.8 Å². The Morgan fingerprint density at radius 2 is 2.17 bits per heavy atom. The maximum absolute atomic E-state index is 11.8. The summed E-state index contributed by atoms with van der Waals surface area (Å²) in [4.78, 5) is 35.3. The number of aliphatic hydroxyl groups excluding tert-OH is 1. The van der Waals surface area contributed by atoms with Gasteiger partial charge in [-0.2, -0.15) is 0 Å². The Kier molecular flexibility index (Phi) is 4.49. The maximum Gasteiger partial charge on any atom is 0.328 e. The molecule has 1 heterocycles. The number of hydrogen-bond acceptors (Lipinski definition) is 4. The van der Waals surface area contributed by atoms with Crippen LogP contribution < -0.4 is 10.6 Å². The number of rotatable bonds is 3. The number of urea groups is 1. The number of nitrogens with one attached hydrogen (secondary N) is 2. The van der Waals surface area contributed by atoms with Gasteiger partial charge in [0.25, 0.3) is 0 Å². The quantitative estimate of drug-likeness (QED) is 0.484. The Morgan fingerprint density at radius 1 is 1.56 bits per heavy atom. The minimum Gasteiger partial charge on any atom is -0.480 e. The molecule has 1 unspecified atom stereocenters. The van der Waals surface area contributed by atoms with E-state index in [2.05, 4.69) is 10.6 Å². The van der Waals surface area contributed by atoms with Gasteiger partial charge >= 0.3 is 12.0 Å². The van der Waals surface area contributed by atoms with Crippen molar-refractivity contribution >= 4 is 17.9 Å². The molecule has 102 valence electrons. The molecule has 4 N–H and O–H groups in total. The molecule has 8 heteroatoms. The predicted octanol–water partition coefficient (Wildman–Crippen LogP) is -1.65. The van der Waals surface area contributed by atoms with E-state index in [0.717, 1.165) is 0 Å². The van der Waals surface area contributed by atoms with Crippen LogP contribution in [0.1, 0.15) is 13.8 Å². The largest absolute Gasteiger partial charge is 0.480 e. The predicted molar refractivity (Wildman–Crippen MR) is 60.8 cm³/mol. The first kappa shape index (κ1) is 14.2. The molecular weight excluding hydrogens is 242 g/mol. The van der Waals surface area contributed by atoms with Crippen molar-refractivity contribution in [2.75, 3.05) is 13.1 Å². The number of aliphatic hydroxyl groups is 1. The first-order valence-corrected chi connectivity index (χ1v) is 5.60. The van der Waals surface area contributed by atoms with Crippen LogP contribution in [0.3, 0.4) is 0 Å². The fourth-order valence-corrected chi connectivity index (χ4v) is 1.66. The average Bonchev–Trinajstić information content (AvgIpc) is 2.28. The monoisotopic (exact) mass is 259 g/mol. The van der Waals surface area contributed by atoms with E-state index in [4.69, 9.17) is 5.11 Å². The second-order valence-corrected chi connectivity index (χ2v) is 4.17. The number of amides is 3. The van der Waals surface area contributed by atoms with Gasteiger partial charge in [-0.3, -0.25) is 4.79 Å². The van der Waals surface area contributed by atoms with Gasteiger partial charge in [0.15, 0.2) is 6.04 Å². The maximum atomic E-state index is 11.8. The summed E-state index contributed by atoms with van der Waals surface area (Å²) in [6.45, 7) is 3.44. The van der Waals surface area contributed by atoms with E-state index in [1.54, 1.807) is 6.92 Å². The molecule has 0 aromatic carbocycles. The number of carboxylic acids is 1. The summed E-state index contributed by atoms with van der Waals surface area (Å²) >= 11 is 0. The molecule has 8 nitrogen and oxygen atoms in total. The Labute approximate surface area is 104 Å². The highest BCUT2D eigenvalue weighted by Gasteiger charge is 2.33. The number of nitrogens with zero attached hydrogens (tertiary/aromatic N) is 1. The molecule has 0 aromatic rings. The van der Waals surface area contributed by atoms with Gasteiger partial charge in [0, 0.05) is 13.1 Å². The van der Waals surface area contributed by atoms with Crippen LogP contribution in [-0.4, -0.2) is 64.3 Å². The number of carbonyl (C=O) groups excluding carboxylic acids is 2. The summed E-state index contributed by atoms with van der Waals surface area (Å²) in [6, 6.07) is -2.73. The van der Waals surface area contributed by atoms with Crippen molar-refractivity contribution < 1.29 is 24.6 Å². The van der Waals surface area contributed by atoms with E-state index in [1.807, 2.05) is 0 Å². The molecule has 1 saturated heterocycles. The van der Waals surface area contributed by atoms with Crippen molar-refractivity contribution in [1.29, 1.82) is 0 Å². The normalized spacial score (nSPS) is 22.9. The first-order valence-electron chi connectivity index (χ1n) is 5.60. The standard InChI is InChI=1S/C10H17N3O5/c1-5-8(15)11-3-4-13(5)10(18)12-7(6(2)14)9(16)17/h5-7,14H,3-4H2,1-2H3,(H,11,15)(H,12,18)(H,16,17)/t5?,6-,7+/m1/s1. The van der Waals surface area contributed by atoms with Crippen molar-refractivity contribution in [3.05, 3.63) is 0 Å². The molecule has 0 saturated carbocycles. The second-order valence-electron chi connectivity index (χ2n) is 4.17. The minimum absolute atomic E-state index is 0.291. The summed E-state index contributed by atoms with van der Waals surface area (Å²) in [6.07, 6.45) is -1.22. The molecule has 0 aliphatic carbocycles. The highest BCUT2D eigenvalue weighted by molar-refractivity contribution is 5.89. The smallest absolute Gasteiger partial charge is 0.328 e. The zero-order valence-corrected chi connectivity index (χ0v) is 10.2. The minimum atomic E-state index is -1.39. The third-order valence-electron chi connectivity index (χ3n) is 2.79. The number of piperazine rings is 1. The van der Waals surface area contributed by atoms with Crippen molar-refractivity contribution in [2.24, 2.45) is 0 Å². The fraction of sp³-hybridized carbons (Fsp3) is 0.700. The van der Waals surface area contributed by atoms with Crippen molar-refractivity contribution in [2.45, 2.75) is 32.0 Å². The summed E-state index contributed by atoms with van der Waals surface area (Å²) in [7, 11) is 0. The number of hydrogen-bond donors (Lipinski definition) is 4. The number of carboxylic acid groups (broad SMARTS) is 1. The lowest BCUT2D eigenvalue weighted by Gasteiger charge is -2.33. The molecule has 18 heavy (non-hydrogen) atoms. The molecule has 0 spiro atoms. The van der Waals surface area contributed by atoms with Gasteiger partial charge < -0.3 is 25.7 Å². The molecule has 0 radical (unpaired) electrons. The van der Waals surface area contributed by atoms with Crippen LogP contribution in [-0.2, 0) is 9.59 Å². The molecule has 3 atom stereocenters. The van der Waals surface area contributed by atoms with Gasteiger partial charge in [0.05, 0.1) is 6.10 Å². The van der Waals surface area contributed by atoms with Crippen molar-refractivity contribution in [1.82, 2.24) is 15.5 Å². The SMILES string of the molecule is CC1C(=O)NCCN1C(=O)N[C@H](C(=O)O)[C@@H](C)O. The summed E-state index contributed by atoms with van der Waals surface area (Å²) in [5.74, 6) is -1.62. The third-order valence-corrected chi connectivity index (χ3v) is 2.79. The Hall–Kier alpha value is -1.83. The molecule has 0 bridgehead atoms. The van der Waals surface area contributed by atoms with Gasteiger partial charge in [-0.15, -0.1) is 0 Å². The second kappa shape index (κ2) is 5.67. The number of aliphatic carboxylic acids is 1. The lowest BCUT2D eigenvalue weighted by Crippen LogP contribution is -2.61. The van der Waals surface area contributed by atoms with Crippen molar-refractivity contribution in [3.63, 3.8) is 0 Å². The third kappa shape index (κ3) is 3.10. The van der Waals surface area contributed by atoms with Gasteiger partial charge in [-0.25, -0.2) is 9.59 Å². The van der Waals surface area contributed by atoms with Gasteiger partial charge in [0.1, 0.15) is 6.04 Å². The van der Waals surface area contributed by atoms with Crippen LogP contribution in [0.4, 0.5) is 4.79 Å². The highest BCUT2D eigenvalue weighted by Crippen LogP contribution is 2.05. The summed E-state index contributed by atoms with van der Waals surface area (Å²) in [5.41, 5.74) is 0.